The van der Waals surface area contributed by atoms with Gasteiger partial charge in [-0.15, -0.1) is 12.4 Å². The van der Waals surface area contributed by atoms with Crippen LogP contribution in [0.15, 0.2) is 36.5 Å². The number of hydrogen-bond acceptors (Lipinski definition) is 4. The Labute approximate surface area is 125 Å². The van der Waals surface area contributed by atoms with Gasteiger partial charge in [-0.2, -0.15) is 0 Å². The molecule has 2 aromatic rings. The maximum absolute atomic E-state index is 5.88. The van der Waals surface area contributed by atoms with E-state index in [2.05, 4.69) is 22.0 Å². The summed E-state index contributed by atoms with van der Waals surface area (Å²) in [6, 6.07) is 10.0. The molecule has 4 nitrogen and oxygen atoms in total. The minimum atomic E-state index is 0. The van der Waals surface area contributed by atoms with E-state index in [1.807, 2.05) is 18.2 Å². The van der Waals surface area contributed by atoms with E-state index in [9.17, 15) is 0 Å². The highest BCUT2D eigenvalue weighted by molar-refractivity contribution is 5.85. The average Bonchev–Trinajstić information content (AvgIpc) is 2.49. The van der Waals surface area contributed by atoms with E-state index in [1.165, 1.54) is 0 Å². The fourth-order valence-electron chi connectivity index (χ4n) is 2.30. The summed E-state index contributed by atoms with van der Waals surface area (Å²) in [7, 11) is 0. The van der Waals surface area contributed by atoms with Gasteiger partial charge in [-0.25, -0.2) is 0 Å². The zero-order valence-electron chi connectivity index (χ0n) is 11.3. The summed E-state index contributed by atoms with van der Waals surface area (Å²) in [5, 5.41) is 1.12. The van der Waals surface area contributed by atoms with Gasteiger partial charge in [-0.3, -0.25) is 9.88 Å². The SMILES string of the molecule is Cl.c1cnc2c(OCCN3CCOCC3)cccc2c1. The number of ether oxygens (including phenoxy) is 2. The fourth-order valence-corrected chi connectivity index (χ4v) is 2.30. The van der Waals surface area contributed by atoms with Crippen molar-refractivity contribution in [3.63, 3.8) is 0 Å². The monoisotopic (exact) mass is 294 g/mol. The third-order valence-electron chi connectivity index (χ3n) is 3.36. The Morgan fingerprint density at radius 1 is 1.15 bits per heavy atom. The summed E-state index contributed by atoms with van der Waals surface area (Å²) in [6.07, 6.45) is 1.80. The molecule has 0 N–H and O–H groups in total. The van der Waals surface area contributed by atoms with Crippen molar-refractivity contribution in [3.8, 4) is 5.75 Å². The van der Waals surface area contributed by atoms with Gasteiger partial charge in [0.1, 0.15) is 17.9 Å². The second-order valence-corrected chi connectivity index (χ2v) is 4.63. The van der Waals surface area contributed by atoms with Crippen LogP contribution in [0.25, 0.3) is 10.9 Å². The van der Waals surface area contributed by atoms with Crippen LogP contribution in [0.2, 0.25) is 0 Å². The van der Waals surface area contributed by atoms with Crippen LogP contribution >= 0.6 is 12.4 Å². The van der Waals surface area contributed by atoms with Gasteiger partial charge in [0.25, 0.3) is 0 Å². The van der Waals surface area contributed by atoms with E-state index in [1.54, 1.807) is 6.20 Å². The summed E-state index contributed by atoms with van der Waals surface area (Å²) in [5.41, 5.74) is 0.937. The second-order valence-electron chi connectivity index (χ2n) is 4.63. The first kappa shape index (κ1) is 15.0. The normalized spacial score (nSPS) is 15.8. The highest BCUT2D eigenvalue weighted by atomic mass is 35.5. The Kier molecular flexibility index (Phi) is 5.59. The van der Waals surface area contributed by atoms with Gasteiger partial charge in [-0.05, 0) is 12.1 Å². The largest absolute Gasteiger partial charge is 0.490 e. The lowest BCUT2D eigenvalue weighted by atomic mass is 10.2. The lowest BCUT2D eigenvalue weighted by Crippen LogP contribution is -2.38. The molecular weight excluding hydrogens is 276 g/mol. The van der Waals surface area contributed by atoms with Crippen molar-refractivity contribution in [3.05, 3.63) is 36.5 Å². The first-order valence-corrected chi connectivity index (χ1v) is 6.70. The van der Waals surface area contributed by atoms with E-state index in [0.717, 1.165) is 49.5 Å². The van der Waals surface area contributed by atoms with E-state index in [4.69, 9.17) is 9.47 Å². The molecule has 0 aliphatic carbocycles. The number of hydrogen-bond donors (Lipinski definition) is 0. The number of fused-ring (bicyclic) bond motifs is 1. The number of benzene rings is 1. The van der Waals surface area contributed by atoms with Crippen LogP contribution in [-0.4, -0.2) is 49.3 Å². The molecule has 20 heavy (non-hydrogen) atoms. The Morgan fingerprint density at radius 2 is 1.95 bits per heavy atom. The van der Waals surface area contributed by atoms with Crippen LogP contribution in [0, 0.1) is 0 Å². The summed E-state index contributed by atoms with van der Waals surface area (Å²) < 4.78 is 11.2. The Bertz CT molecular complexity index is 539. The van der Waals surface area contributed by atoms with Gasteiger partial charge in [0.2, 0.25) is 0 Å². The predicted octanol–water partition coefficient (Wildman–Crippen LogP) is 2.37. The van der Waals surface area contributed by atoms with E-state index in [-0.39, 0.29) is 12.4 Å². The molecule has 3 rings (SSSR count). The third kappa shape index (κ3) is 3.60. The lowest BCUT2D eigenvalue weighted by molar-refractivity contribution is 0.0323. The van der Waals surface area contributed by atoms with Crippen molar-refractivity contribution < 1.29 is 9.47 Å². The molecule has 0 atom stereocenters. The first-order chi connectivity index (χ1) is 9.43. The van der Waals surface area contributed by atoms with E-state index in [0.29, 0.717) is 6.61 Å². The first-order valence-electron chi connectivity index (χ1n) is 6.70. The minimum absolute atomic E-state index is 0. The minimum Gasteiger partial charge on any atom is -0.490 e. The number of nitrogens with zero attached hydrogens (tertiary/aromatic N) is 2. The molecule has 1 saturated heterocycles. The van der Waals surface area contributed by atoms with Crippen LogP contribution in [-0.2, 0) is 4.74 Å². The summed E-state index contributed by atoms with van der Waals surface area (Å²) >= 11 is 0. The van der Waals surface area contributed by atoms with Crippen molar-refractivity contribution in [2.45, 2.75) is 0 Å². The highest BCUT2D eigenvalue weighted by Crippen LogP contribution is 2.22. The molecule has 1 aromatic heterocycles. The highest BCUT2D eigenvalue weighted by Gasteiger charge is 2.10. The maximum atomic E-state index is 5.88. The molecule has 0 saturated carbocycles. The molecule has 0 unspecified atom stereocenters. The Balaban J connectivity index is 0.00000147. The molecule has 1 fully saturated rings. The zero-order chi connectivity index (χ0) is 12.9. The second kappa shape index (κ2) is 7.43. The van der Waals surface area contributed by atoms with E-state index < -0.39 is 0 Å². The van der Waals surface area contributed by atoms with Gasteiger partial charge < -0.3 is 9.47 Å². The molecule has 1 aliphatic heterocycles. The Hall–Kier alpha value is -1.36. The van der Waals surface area contributed by atoms with Crippen molar-refractivity contribution >= 4 is 23.3 Å². The van der Waals surface area contributed by atoms with Gasteiger partial charge in [0.05, 0.1) is 13.2 Å². The molecule has 0 bridgehead atoms. The van der Waals surface area contributed by atoms with Crippen LogP contribution in [0.3, 0.4) is 0 Å². The number of pyridine rings is 1. The van der Waals surface area contributed by atoms with Gasteiger partial charge in [0, 0.05) is 31.2 Å². The van der Waals surface area contributed by atoms with Gasteiger partial charge >= 0.3 is 0 Å². The predicted molar refractivity (Wildman–Crippen MR) is 81.7 cm³/mol. The maximum Gasteiger partial charge on any atom is 0.145 e. The molecule has 0 radical (unpaired) electrons. The van der Waals surface area contributed by atoms with Gasteiger partial charge in [0.15, 0.2) is 0 Å². The zero-order valence-corrected chi connectivity index (χ0v) is 12.1. The Morgan fingerprint density at radius 3 is 2.80 bits per heavy atom. The topological polar surface area (TPSA) is 34.6 Å². The molecule has 108 valence electrons. The fraction of sp³-hybridized carbons (Fsp3) is 0.400. The molecule has 0 spiro atoms. The third-order valence-corrected chi connectivity index (χ3v) is 3.36. The number of aromatic nitrogens is 1. The quantitative estimate of drug-likeness (QED) is 0.867. The molecule has 1 aliphatic rings. The summed E-state index contributed by atoms with van der Waals surface area (Å²) in [4.78, 5) is 6.75. The van der Waals surface area contributed by atoms with Crippen LogP contribution in [0.5, 0.6) is 5.75 Å². The molecular formula is C15H19ClN2O2. The lowest BCUT2D eigenvalue weighted by Gasteiger charge is -2.26. The summed E-state index contributed by atoms with van der Waals surface area (Å²) in [6.45, 7) is 5.28. The number of halogens is 1. The molecule has 2 heterocycles. The van der Waals surface area contributed by atoms with Crippen LogP contribution in [0.4, 0.5) is 0 Å². The number of rotatable bonds is 4. The average molecular weight is 295 g/mol. The number of para-hydroxylation sites is 1. The van der Waals surface area contributed by atoms with Crippen molar-refractivity contribution in [1.29, 1.82) is 0 Å². The van der Waals surface area contributed by atoms with Crippen molar-refractivity contribution in [2.24, 2.45) is 0 Å². The van der Waals surface area contributed by atoms with E-state index >= 15 is 0 Å². The smallest absolute Gasteiger partial charge is 0.145 e. The van der Waals surface area contributed by atoms with Crippen LogP contribution in [0.1, 0.15) is 0 Å². The summed E-state index contributed by atoms with van der Waals surface area (Å²) in [5.74, 6) is 0.867. The molecule has 5 heteroatoms. The van der Waals surface area contributed by atoms with Crippen molar-refractivity contribution in [2.75, 3.05) is 39.5 Å². The van der Waals surface area contributed by atoms with Crippen molar-refractivity contribution in [1.82, 2.24) is 9.88 Å². The standard InChI is InChI=1S/C15H18N2O2.ClH/c1-3-13-4-2-6-16-15(13)14(5-1)19-12-9-17-7-10-18-11-8-17;/h1-6H,7-12H2;1H. The van der Waals surface area contributed by atoms with Gasteiger partial charge in [-0.1, -0.05) is 18.2 Å². The molecule has 0 amide bonds. The molecule has 1 aromatic carbocycles. The van der Waals surface area contributed by atoms with Crippen LogP contribution < -0.4 is 4.74 Å². The number of morpholine rings is 1.